The minimum absolute atomic E-state index is 0.284. The first-order valence-electron chi connectivity index (χ1n) is 4.44. The molecule has 1 aliphatic heterocycles. The molecule has 5 heteroatoms. The fourth-order valence-electron chi connectivity index (χ4n) is 1.85. The summed E-state index contributed by atoms with van der Waals surface area (Å²) in [6.07, 6.45) is 0. The van der Waals surface area contributed by atoms with Crippen molar-refractivity contribution in [3.05, 3.63) is 10.4 Å². The number of hydrogen-bond donors (Lipinski definition) is 0. The maximum absolute atomic E-state index is 8.24. The van der Waals surface area contributed by atoms with Gasteiger partial charge in [0.15, 0.2) is 0 Å². The highest BCUT2D eigenvalue weighted by Gasteiger charge is 2.37. The van der Waals surface area contributed by atoms with E-state index in [1.165, 1.54) is 0 Å². The molecule has 0 amide bonds. The molecule has 5 nitrogen and oxygen atoms in total. The van der Waals surface area contributed by atoms with E-state index in [1.807, 2.05) is 6.92 Å². The molecule has 0 bridgehead atoms. The first-order valence-corrected chi connectivity index (χ1v) is 4.44. The summed E-state index contributed by atoms with van der Waals surface area (Å²) in [4.78, 5) is 2.76. The van der Waals surface area contributed by atoms with Gasteiger partial charge in [0.05, 0.1) is 27.2 Å². The van der Waals surface area contributed by atoms with Crippen molar-refractivity contribution in [2.24, 2.45) is 5.11 Å². The van der Waals surface area contributed by atoms with Crippen LogP contribution in [0.5, 0.6) is 0 Å². The maximum Gasteiger partial charge on any atom is 0.120 e. The topological polar surface area (TPSA) is 58.0 Å². The van der Waals surface area contributed by atoms with E-state index in [9.17, 15) is 0 Å². The van der Waals surface area contributed by atoms with Crippen molar-refractivity contribution in [2.45, 2.75) is 12.5 Å². The number of azide groups is 1. The van der Waals surface area contributed by atoms with Gasteiger partial charge in [-0.3, -0.25) is 0 Å². The lowest BCUT2D eigenvalue weighted by Crippen LogP contribution is -2.59. The number of ether oxygens (including phenoxy) is 1. The molecule has 0 N–H and O–H groups in total. The van der Waals surface area contributed by atoms with Gasteiger partial charge in [0.1, 0.15) is 18.7 Å². The third-order valence-electron chi connectivity index (χ3n) is 2.38. The zero-order valence-corrected chi connectivity index (χ0v) is 8.53. The van der Waals surface area contributed by atoms with E-state index in [0.717, 1.165) is 24.2 Å². The Morgan fingerprint density at radius 2 is 2.31 bits per heavy atom. The summed E-state index contributed by atoms with van der Waals surface area (Å²) in [7, 11) is 4.33. The van der Waals surface area contributed by atoms with Gasteiger partial charge in [-0.2, -0.15) is 0 Å². The van der Waals surface area contributed by atoms with Crippen LogP contribution in [0.2, 0.25) is 0 Å². The maximum atomic E-state index is 8.24. The minimum atomic E-state index is -0.284. The van der Waals surface area contributed by atoms with E-state index < -0.39 is 0 Å². The molecule has 0 aliphatic carbocycles. The molecule has 1 heterocycles. The van der Waals surface area contributed by atoms with Gasteiger partial charge in [0, 0.05) is 4.91 Å². The van der Waals surface area contributed by atoms with E-state index in [4.69, 9.17) is 10.3 Å². The van der Waals surface area contributed by atoms with Gasteiger partial charge in [0.2, 0.25) is 0 Å². The highest BCUT2D eigenvalue weighted by molar-refractivity contribution is 4.80. The molecule has 1 fully saturated rings. The summed E-state index contributed by atoms with van der Waals surface area (Å²) >= 11 is 0. The van der Waals surface area contributed by atoms with Gasteiger partial charge in [-0.15, -0.1) is 0 Å². The number of hydrogen-bond acceptors (Lipinski definition) is 2. The third kappa shape index (κ3) is 2.88. The summed E-state index contributed by atoms with van der Waals surface area (Å²) in [5.41, 5.74) is 7.96. The lowest BCUT2D eigenvalue weighted by Gasteiger charge is -2.43. The van der Waals surface area contributed by atoms with Crippen LogP contribution in [0, 0.1) is 0 Å². The molecule has 1 atom stereocenters. The molecule has 1 saturated heterocycles. The van der Waals surface area contributed by atoms with Crippen molar-refractivity contribution in [3.63, 3.8) is 0 Å². The normalized spacial score (nSPS) is 32.2. The van der Waals surface area contributed by atoms with Crippen LogP contribution in [-0.4, -0.2) is 50.4 Å². The Morgan fingerprint density at radius 1 is 1.62 bits per heavy atom. The van der Waals surface area contributed by atoms with E-state index in [0.29, 0.717) is 6.54 Å². The number of likely N-dealkylation sites (N-methyl/N-ethyl adjacent to an activating group) is 1. The van der Waals surface area contributed by atoms with E-state index in [2.05, 4.69) is 24.1 Å². The molecule has 1 unspecified atom stereocenters. The molecule has 1 rings (SSSR count). The molecule has 0 radical (unpaired) electrons. The Bertz CT molecular complexity index is 234. The lowest BCUT2D eigenvalue weighted by atomic mass is 10.0. The first-order chi connectivity index (χ1) is 5.97. The Balaban J connectivity index is 2.62. The van der Waals surface area contributed by atoms with Crippen LogP contribution < -0.4 is 0 Å². The van der Waals surface area contributed by atoms with Gasteiger partial charge in [0.25, 0.3) is 0 Å². The third-order valence-corrected chi connectivity index (χ3v) is 2.38. The molecule has 1 aliphatic rings. The molecule has 74 valence electrons. The van der Waals surface area contributed by atoms with Crippen molar-refractivity contribution in [3.8, 4) is 0 Å². The van der Waals surface area contributed by atoms with Gasteiger partial charge >= 0.3 is 0 Å². The molecule has 0 aromatic heterocycles. The Morgan fingerprint density at radius 3 is 2.85 bits per heavy atom. The number of rotatable bonds is 2. The summed E-state index contributed by atoms with van der Waals surface area (Å²) in [5.74, 6) is 0. The predicted octanol–water partition coefficient (Wildman–Crippen LogP) is 1.16. The van der Waals surface area contributed by atoms with Crippen molar-refractivity contribution in [1.82, 2.24) is 0 Å². The second-order valence-corrected chi connectivity index (χ2v) is 4.50. The van der Waals surface area contributed by atoms with Crippen LogP contribution in [0.25, 0.3) is 10.4 Å². The molecule has 13 heavy (non-hydrogen) atoms. The Kier molecular flexibility index (Phi) is 2.81. The van der Waals surface area contributed by atoms with Crippen LogP contribution in [0.15, 0.2) is 5.11 Å². The van der Waals surface area contributed by atoms with Crippen molar-refractivity contribution < 1.29 is 9.22 Å². The highest BCUT2D eigenvalue weighted by Crippen LogP contribution is 2.20. The smallest absolute Gasteiger partial charge is 0.120 e. The Hall–Kier alpha value is -0.770. The van der Waals surface area contributed by atoms with Gasteiger partial charge < -0.3 is 9.22 Å². The van der Waals surface area contributed by atoms with E-state index >= 15 is 0 Å². The average molecular weight is 185 g/mol. The lowest BCUT2D eigenvalue weighted by molar-refractivity contribution is -0.905. The van der Waals surface area contributed by atoms with E-state index in [1.54, 1.807) is 0 Å². The van der Waals surface area contributed by atoms with E-state index in [-0.39, 0.29) is 5.60 Å². The highest BCUT2D eigenvalue weighted by atomic mass is 16.5. The zero-order chi connectivity index (χ0) is 9.95. The average Bonchev–Trinajstić information content (AvgIpc) is 1.98. The standard InChI is InChI=1S/C8H17N4O/c1-8(6-10-11-9)7-12(2,3)4-5-13-8/h4-7H2,1-3H3/q+1. The summed E-state index contributed by atoms with van der Waals surface area (Å²) in [6.45, 7) is 5.08. The molecular formula is C8H17N4O+. The predicted molar refractivity (Wildman–Crippen MR) is 50.2 cm³/mol. The zero-order valence-electron chi connectivity index (χ0n) is 8.53. The fourth-order valence-corrected chi connectivity index (χ4v) is 1.85. The first kappa shape index (κ1) is 10.3. The number of nitrogens with zero attached hydrogens (tertiary/aromatic N) is 4. The molecule has 0 aromatic carbocycles. The second kappa shape index (κ2) is 3.54. The van der Waals surface area contributed by atoms with Crippen LogP contribution >= 0.6 is 0 Å². The van der Waals surface area contributed by atoms with Crippen LogP contribution in [0.4, 0.5) is 0 Å². The summed E-state index contributed by atoms with van der Waals surface area (Å²) < 4.78 is 6.55. The second-order valence-electron chi connectivity index (χ2n) is 4.50. The quantitative estimate of drug-likeness (QED) is 0.275. The van der Waals surface area contributed by atoms with Crippen LogP contribution in [-0.2, 0) is 4.74 Å². The molecule has 0 aromatic rings. The number of morpholine rings is 1. The van der Waals surface area contributed by atoms with Gasteiger partial charge in [-0.25, -0.2) is 0 Å². The molecule has 0 spiro atoms. The SMILES string of the molecule is CC1(CN=[N+]=[N-])C[N+](C)(C)CCO1. The van der Waals surface area contributed by atoms with Crippen molar-refractivity contribution >= 4 is 0 Å². The largest absolute Gasteiger partial charge is 0.363 e. The molecule has 0 saturated carbocycles. The Labute approximate surface area is 78.5 Å². The monoisotopic (exact) mass is 185 g/mol. The minimum Gasteiger partial charge on any atom is -0.363 e. The van der Waals surface area contributed by atoms with Crippen LogP contribution in [0.1, 0.15) is 6.92 Å². The fraction of sp³-hybridized carbons (Fsp3) is 1.00. The summed E-state index contributed by atoms with van der Waals surface area (Å²) in [6, 6.07) is 0. The van der Waals surface area contributed by atoms with Crippen molar-refractivity contribution in [1.29, 1.82) is 0 Å². The summed E-state index contributed by atoms with van der Waals surface area (Å²) in [5, 5.41) is 3.58. The number of quaternary nitrogens is 1. The van der Waals surface area contributed by atoms with Crippen LogP contribution in [0.3, 0.4) is 0 Å². The van der Waals surface area contributed by atoms with Gasteiger partial charge in [-0.05, 0) is 12.5 Å². The van der Waals surface area contributed by atoms with Gasteiger partial charge in [-0.1, -0.05) is 5.11 Å². The van der Waals surface area contributed by atoms with Crippen molar-refractivity contribution in [2.75, 3.05) is 40.3 Å². The molecular weight excluding hydrogens is 168 g/mol.